The maximum atomic E-state index is 5.25. The normalized spacial score (nSPS) is 10.1. The van der Waals surface area contributed by atoms with Crippen LogP contribution in [-0.2, 0) is 6.42 Å². The molecule has 0 atom stereocenters. The van der Waals surface area contributed by atoms with E-state index in [1.807, 2.05) is 22.9 Å². The number of ether oxygens (including phenoxy) is 2. The molecule has 0 aromatic heterocycles. The monoisotopic (exact) mass is 244 g/mol. The second-order valence-corrected chi connectivity index (χ2v) is 5.61. The van der Waals surface area contributed by atoms with Gasteiger partial charge in [-0.05, 0) is 30.4 Å². The first-order chi connectivity index (χ1) is 7.31. The minimum Gasteiger partial charge on any atom is -0.493 e. The molecule has 0 aliphatic rings. The molecule has 4 heteroatoms. The van der Waals surface area contributed by atoms with E-state index in [1.165, 1.54) is 5.56 Å². The highest BCUT2D eigenvalue weighted by atomic mass is 33.1. The van der Waals surface area contributed by atoms with Crippen LogP contribution in [0.3, 0.4) is 0 Å². The molecule has 0 amide bonds. The predicted molar refractivity (Wildman–Crippen MR) is 69.2 cm³/mol. The molecule has 0 radical (unpaired) electrons. The maximum Gasteiger partial charge on any atom is 0.160 e. The van der Waals surface area contributed by atoms with E-state index < -0.39 is 0 Å². The summed E-state index contributed by atoms with van der Waals surface area (Å²) >= 11 is 0. The van der Waals surface area contributed by atoms with Gasteiger partial charge in [0.2, 0.25) is 0 Å². The summed E-state index contributed by atoms with van der Waals surface area (Å²) in [4.78, 5) is 0. The Morgan fingerprint density at radius 3 is 2.47 bits per heavy atom. The highest BCUT2D eigenvalue weighted by Gasteiger charge is 2.03. The third-order valence-corrected chi connectivity index (χ3v) is 3.85. The van der Waals surface area contributed by atoms with Gasteiger partial charge in [0.15, 0.2) is 11.5 Å². The Bertz CT molecular complexity index is 303. The molecule has 1 aromatic rings. The quantitative estimate of drug-likeness (QED) is 0.564. The summed E-state index contributed by atoms with van der Waals surface area (Å²) in [5.41, 5.74) is 1.29. The Kier molecular flexibility index (Phi) is 5.79. The van der Waals surface area contributed by atoms with Gasteiger partial charge in [0, 0.05) is 5.75 Å². The number of rotatable bonds is 6. The summed E-state index contributed by atoms with van der Waals surface area (Å²) in [6, 6.07) is 6.08. The molecule has 0 fully saturated rings. The third kappa shape index (κ3) is 3.87. The van der Waals surface area contributed by atoms with E-state index in [-0.39, 0.29) is 0 Å². The summed E-state index contributed by atoms with van der Waals surface area (Å²) in [6.07, 6.45) is 3.16. The molecule has 0 spiro atoms. The zero-order valence-corrected chi connectivity index (χ0v) is 10.9. The zero-order valence-electron chi connectivity index (χ0n) is 9.28. The zero-order chi connectivity index (χ0) is 11.1. The summed E-state index contributed by atoms with van der Waals surface area (Å²) < 4.78 is 10.4. The first kappa shape index (κ1) is 12.6. The number of aryl methyl sites for hydroxylation is 1. The van der Waals surface area contributed by atoms with Crippen molar-refractivity contribution in [2.45, 2.75) is 6.42 Å². The van der Waals surface area contributed by atoms with Crippen LogP contribution >= 0.6 is 21.6 Å². The van der Waals surface area contributed by atoms with E-state index in [1.54, 1.807) is 25.0 Å². The van der Waals surface area contributed by atoms with Gasteiger partial charge in [-0.2, -0.15) is 0 Å². The highest BCUT2D eigenvalue weighted by Crippen LogP contribution is 2.28. The van der Waals surface area contributed by atoms with E-state index >= 15 is 0 Å². The van der Waals surface area contributed by atoms with Crippen LogP contribution in [0.25, 0.3) is 0 Å². The molecular formula is C11H16O2S2. The largest absolute Gasteiger partial charge is 0.493 e. The number of methoxy groups -OCH3 is 2. The number of benzene rings is 1. The molecule has 84 valence electrons. The van der Waals surface area contributed by atoms with Crippen molar-refractivity contribution in [1.29, 1.82) is 0 Å². The second-order valence-electron chi connectivity index (χ2n) is 2.93. The number of hydrogen-bond donors (Lipinski definition) is 0. The lowest BCUT2D eigenvalue weighted by atomic mass is 10.1. The molecule has 2 nitrogen and oxygen atoms in total. The van der Waals surface area contributed by atoms with Crippen LogP contribution in [0.1, 0.15) is 5.56 Å². The van der Waals surface area contributed by atoms with Crippen molar-refractivity contribution in [2.24, 2.45) is 0 Å². The average Bonchev–Trinajstić information content (AvgIpc) is 2.29. The van der Waals surface area contributed by atoms with E-state index in [0.717, 1.165) is 23.7 Å². The van der Waals surface area contributed by atoms with Crippen LogP contribution in [0.5, 0.6) is 11.5 Å². The molecule has 0 heterocycles. The molecule has 15 heavy (non-hydrogen) atoms. The average molecular weight is 244 g/mol. The van der Waals surface area contributed by atoms with Crippen LogP contribution in [-0.4, -0.2) is 26.2 Å². The SMILES string of the molecule is COc1ccc(CCSSC)cc1OC. The molecule has 0 saturated carbocycles. The standard InChI is InChI=1S/C11H16O2S2/c1-12-10-5-4-9(6-7-15-14-3)8-11(10)13-2/h4-5,8H,6-7H2,1-3H3. The summed E-state index contributed by atoms with van der Waals surface area (Å²) in [6.45, 7) is 0. The van der Waals surface area contributed by atoms with Crippen LogP contribution < -0.4 is 9.47 Å². The molecule has 0 bridgehead atoms. The lowest BCUT2D eigenvalue weighted by Crippen LogP contribution is -1.93. The van der Waals surface area contributed by atoms with Crippen LogP contribution in [0, 0.1) is 0 Å². The lowest BCUT2D eigenvalue weighted by molar-refractivity contribution is 0.354. The van der Waals surface area contributed by atoms with Crippen molar-refractivity contribution in [3.63, 3.8) is 0 Å². The molecule has 0 aliphatic carbocycles. The van der Waals surface area contributed by atoms with Gasteiger partial charge >= 0.3 is 0 Å². The molecular weight excluding hydrogens is 228 g/mol. The van der Waals surface area contributed by atoms with E-state index in [0.29, 0.717) is 0 Å². The van der Waals surface area contributed by atoms with Crippen LogP contribution in [0.15, 0.2) is 18.2 Å². The maximum absolute atomic E-state index is 5.25. The molecule has 0 saturated heterocycles. The Labute approximate surface area is 99.1 Å². The van der Waals surface area contributed by atoms with E-state index in [2.05, 4.69) is 12.3 Å². The molecule has 0 N–H and O–H groups in total. The fraction of sp³-hybridized carbons (Fsp3) is 0.455. The van der Waals surface area contributed by atoms with Crippen molar-refractivity contribution >= 4 is 21.6 Å². The highest BCUT2D eigenvalue weighted by molar-refractivity contribution is 8.76. The molecule has 0 aliphatic heterocycles. The molecule has 1 aromatic carbocycles. The Balaban J connectivity index is 2.66. The summed E-state index contributed by atoms with van der Waals surface area (Å²) in [7, 11) is 6.99. The van der Waals surface area contributed by atoms with Gasteiger partial charge in [-0.1, -0.05) is 27.7 Å². The molecule has 1 rings (SSSR count). The second kappa shape index (κ2) is 6.90. The van der Waals surface area contributed by atoms with Gasteiger partial charge in [0.05, 0.1) is 14.2 Å². The van der Waals surface area contributed by atoms with Gasteiger partial charge in [0.1, 0.15) is 0 Å². The van der Waals surface area contributed by atoms with Crippen molar-refractivity contribution in [1.82, 2.24) is 0 Å². The topological polar surface area (TPSA) is 18.5 Å². The van der Waals surface area contributed by atoms with Crippen molar-refractivity contribution in [2.75, 3.05) is 26.2 Å². The fourth-order valence-electron chi connectivity index (χ4n) is 1.28. The van der Waals surface area contributed by atoms with Gasteiger partial charge in [0.25, 0.3) is 0 Å². The van der Waals surface area contributed by atoms with Gasteiger partial charge in [-0.15, -0.1) is 0 Å². The Hall–Kier alpha value is -0.480. The van der Waals surface area contributed by atoms with Gasteiger partial charge < -0.3 is 9.47 Å². The minimum atomic E-state index is 0.791. The predicted octanol–water partition coefficient (Wildman–Crippen LogP) is 3.26. The summed E-state index contributed by atoms with van der Waals surface area (Å²) in [5.74, 6) is 2.72. The van der Waals surface area contributed by atoms with Gasteiger partial charge in [-0.25, -0.2) is 0 Å². The number of hydrogen-bond acceptors (Lipinski definition) is 4. The van der Waals surface area contributed by atoms with Crippen molar-refractivity contribution < 1.29 is 9.47 Å². The van der Waals surface area contributed by atoms with Crippen molar-refractivity contribution in [3.8, 4) is 11.5 Å². The minimum absolute atomic E-state index is 0.791. The third-order valence-electron chi connectivity index (χ3n) is 2.04. The first-order valence-corrected chi connectivity index (χ1v) is 7.41. The lowest BCUT2D eigenvalue weighted by Gasteiger charge is -2.09. The Morgan fingerprint density at radius 1 is 1.13 bits per heavy atom. The van der Waals surface area contributed by atoms with Gasteiger partial charge in [-0.3, -0.25) is 0 Å². The van der Waals surface area contributed by atoms with Crippen LogP contribution in [0.4, 0.5) is 0 Å². The van der Waals surface area contributed by atoms with E-state index in [9.17, 15) is 0 Å². The smallest absolute Gasteiger partial charge is 0.160 e. The van der Waals surface area contributed by atoms with E-state index in [4.69, 9.17) is 9.47 Å². The van der Waals surface area contributed by atoms with Crippen molar-refractivity contribution in [3.05, 3.63) is 23.8 Å². The molecule has 0 unspecified atom stereocenters. The summed E-state index contributed by atoms with van der Waals surface area (Å²) in [5, 5.41) is 0. The Morgan fingerprint density at radius 2 is 1.87 bits per heavy atom. The fourth-order valence-corrected chi connectivity index (χ4v) is 2.51. The van der Waals surface area contributed by atoms with Crippen LogP contribution in [0.2, 0.25) is 0 Å². The first-order valence-electron chi connectivity index (χ1n) is 4.68.